The summed E-state index contributed by atoms with van der Waals surface area (Å²) in [6, 6.07) is 9.05. The smallest absolute Gasteiger partial charge is 0.187 e. The Labute approximate surface area is 171 Å². The Hall–Kier alpha value is -0.830. The van der Waals surface area contributed by atoms with Crippen molar-refractivity contribution in [1.82, 2.24) is 0 Å². The predicted octanol–water partition coefficient (Wildman–Crippen LogP) is -2.60. The van der Waals surface area contributed by atoms with E-state index in [1.54, 1.807) is 12.1 Å². The molecular weight excluding hydrogens is 408 g/mol. The topological polar surface area (TPSA) is 169 Å². The van der Waals surface area contributed by atoms with Crippen molar-refractivity contribution >= 4 is 11.8 Å². The fourth-order valence-electron chi connectivity index (χ4n) is 3.29. The van der Waals surface area contributed by atoms with Gasteiger partial charge in [0.2, 0.25) is 0 Å². The van der Waals surface area contributed by atoms with Crippen molar-refractivity contribution < 1.29 is 50.0 Å². The lowest BCUT2D eigenvalue weighted by Gasteiger charge is -2.46. The highest BCUT2D eigenvalue weighted by Gasteiger charge is 2.50. The molecule has 11 heteroatoms. The van der Waals surface area contributed by atoms with Crippen molar-refractivity contribution in [2.75, 3.05) is 13.2 Å². The minimum Gasteiger partial charge on any atom is -0.394 e. The molecule has 0 saturated carbocycles. The minimum atomic E-state index is -1.69. The van der Waals surface area contributed by atoms with Crippen LogP contribution in [0, 0.1) is 0 Å². The Balaban J connectivity index is 1.71. The van der Waals surface area contributed by atoms with E-state index in [0.717, 1.165) is 16.7 Å². The molecular formula is C18H26O10S. The van der Waals surface area contributed by atoms with Crippen LogP contribution in [0.4, 0.5) is 0 Å². The standard InChI is InChI=1S/C18H26O10S/c19-6-9-11(21)12(22)14(24)17(26-9)28-16-10(7-20)27-18(15(25)13(16)23)29-8-4-2-1-3-5-8/h1-5,9-25H,6-7H2. The van der Waals surface area contributed by atoms with Crippen LogP contribution in [-0.2, 0) is 14.2 Å². The lowest BCUT2D eigenvalue weighted by Crippen LogP contribution is -2.64. The molecule has 0 aliphatic carbocycles. The second-order valence-electron chi connectivity index (χ2n) is 6.94. The molecule has 3 rings (SSSR count). The van der Waals surface area contributed by atoms with Crippen molar-refractivity contribution in [3.05, 3.63) is 30.3 Å². The van der Waals surface area contributed by atoms with Gasteiger partial charge in [-0.1, -0.05) is 30.0 Å². The van der Waals surface area contributed by atoms with Gasteiger partial charge in [-0.3, -0.25) is 0 Å². The largest absolute Gasteiger partial charge is 0.394 e. The molecule has 2 saturated heterocycles. The number of thioether (sulfide) groups is 1. The lowest BCUT2D eigenvalue weighted by atomic mass is 9.97. The van der Waals surface area contributed by atoms with Gasteiger partial charge < -0.3 is 50.0 Å². The monoisotopic (exact) mass is 434 g/mol. The van der Waals surface area contributed by atoms with Gasteiger partial charge in [0.15, 0.2) is 6.29 Å². The van der Waals surface area contributed by atoms with E-state index < -0.39 is 73.8 Å². The molecule has 29 heavy (non-hydrogen) atoms. The van der Waals surface area contributed by atoms with E-state index in [1.165, 1.54) is 0 Å². The van der Waals surface area contributed by atoms with Crippen LogP contribution in [0.15, 0.2) is 35.2 Å². The molecule has 10 atom stereocenters. The Morgan fingerprint density at radius 3 is 2.03 bits per heavy atom. The van der Waals surface area contributed by atoms with Crippen molar-refractivity contribution in [3.8, 4) is 0 Å². The fourth-order valence-corrected chi connectivity index (χ4v) is 4.37. The average molecular weight is 434 g/mol. The van der Waals surface area contributed by atoms with Gasteiger partial charge in [0, 0.05) is 4.90 Å². The number of aliphatic hydroxyl groups is 7. The summed E-state index contributed by atoms with van der Waals surface area (Å²) in [5.41, 5.74) is -0.890. The summed E-state index contributed by atoms with van der Waals surface area (Å²) in [6.45, 7) is -1.20. The molecule has 1 aromatic carbocycles. The van der Waals surface area contributed by atoms with E-state index in [4.69, 9.17) is 14.2 Å². The van der Waals surface area contributed by atoms with Crippen LogP contribution in [-0.4, -0.2) is 110 Å². The summed E-state index contributed by atoms with van der Waals surface area (Å²) in [5, 5.41) is 69.8. The van der Waals surface area contributed by atoms with Crippen LogP contribution in [0.25, 0.3) is 0 Å². The number of ether oxygens (including phenoxy) is 3. The summed E-state index contributed by atoms with van der Waals surface area (Å²) in [5.74, 6) is 0. The fraction of sp³-hybridized carbons (Fsp3) is 0.667. The summed E-state index contributed by atoms with van der Waals surface area (Å²) >= 11 is 1.16. The maximum absolute atomic E-state index is 10.6. The van der Waals surface area contributed by atoms with Crippen molar-refractivity contribution in [3.63, 3.8) is 0 Å². The van der Waals surface area contributed by atoms with Gasteiger partial charge in [-0.2, -0.15) is 0 Å². The molecule has 0 aromatic heterocycles. The number of benzene rings is 1. The van der Waals surface area contributed by atoms with Crippen molar-refractivity contribution in [1.29, 1.82) is 0 Å². The van der Waals surface area contributed by atoms with E-state index in [2.05, 4.69) is 0 Å². The van der Waals surface area contributed by atoms with E-state index >= 15 is 0 Å². The molecule has 10 nitrogen and oxygen atoms in total. The Kier molecular flexibility index (Phi) is 7.87. The summed E-state index contributed by atoms with van der Waals surface area (Å²) < 4.78 is 16.5. The number of hydrogen-bond acceptors (Lipinski definition) is 11. The van der Waals surface area contributed by atoms with E-state index in [-0.39, 0.29) is 0 Å². The average Bonchev–Trinajstić information content (AvgIpc) is 2.74. The predicted molar refractivity (Wildman–Crippen MR) is 98.7 cm³/mol. The van der Waals surface area contributed by atoms with E-state index in [0.29, 0.717) is 0 Å². The zero-order valence-electron chi connectivity index (χ0n) is 15.3. The van der Waals surface area contributed by atoms with Crippen LogP contribution in [0.3, 0.4) is 0 Å². The molecule has 0 spiro atoms. The highest BCUT2D eigenvalue weighted by molar-refractivity contribution is 7.99. The van der Waals surface area contributed by atoms with Gasteiger partial charge in [-0.05, 0) is 12.1 Å². The van der Waals surface area contributed by atoms with Gasteiger partial charge in [0.25, 0.3) is 0 Å². The molecule has 164 valence electrons. The van der Waals surface area contributed by atoms with Crippen LogP contribution in [0.5, 0.6) is 0 Å². The first-order chi connectivity index (χ1) is 13.9. The SMILES string of the molecule is OCC1OC(OC2C(CO)OC(Sc3ccccc3)C(O)C2O)C(O)C(O)C1O. The van der Waals surface area contributed by atoms with Crippen LogP contribution >= 0.6 is 11.8 Å². The lowest BCUT2D eigenvalue weighted by molar-refractivity contribution is -0.338. The summed E-state index contributed by atoms with van der Waals surface area (Å²) in [4.78, 5) is 0.786. The number of rotatable bonds is 6. The third kappa shape index (κ3) is 4.92. The normalized spacial score (nSPS) is 43.3. The molecule has 0 bridgehead atoms. The molecule has 2 heterocycles. The molecule has 0 amide bonds. The molecule has 1 aromatic rings. The van der Waals surface area contributed by atoms with Crippen LogP contribution in [0.1, 0.15) is 0 Å². The van der Waals surface area contributed by atoms with Gasteiger partial charge in [-0.25, -0.2) is 0 Å². The quantitative estimate of drug-likeness (QED) is 0.251. The third-order valence-corrected chi connectivity index (χ3v) is 6.12. The number of hydrogen-bond donors (Lipinski definition) is 7. The second kappa shape index (κ2) is 9.98. The first-order valence-electron chi connectivity index (χ1n) is 9.17. The summed E-state index contributed by atoms with van der Waals surface area (Å²) in [7, 11) is 0. The van der Waals surface area contributed by atoms with Crippen molar-refractivity contribution in [2.24, 2.45) is 0 Å². The highest BCUT2D eigenvalue weighted by atomic mass is 32.2. The Morgan fingerprint density at radius 1 is 0.759 bits per heavy atom. The van der Waals surface area contributed by atoms with E-state index in [9.17, 15) is 35.7 Å². The highest BCUT2D eigenvalue weighted by Crippen LogP contribution is 2.35. The Morgan fingerprint density at radius 2 is 1.41 bits per heavy atom. The van der Waals surface area contributed by atoms with E-state index in [1.807, 2.05) is 18.2 Å². The third-order valence-electron chi connectivity index (χ3n) is 4.96. The Bertz CT molecular complexity index is 632. The molecule has 2 aliphatic rings. The zero-order chi connectivity index (χ0) is 21.1. The maximum Gasteiger partial charge on any atom is 0.187 e. The van der Waals surface area contributed by atoms with Crippen molar-refractivity contribution in [2.45, 2.75) is 65.5 Å². The first kappa shape index (κ1) is 22.8. The molecule has 2 aliphatic heterocycles. The molecule has 10 unspecified atom stereocenters. The molecule has 0 radical (unpaired) electrons. The van der Waals surface area contributed by atoms with Gasteiger partial charge in [-0.15, -0.1) is 0 Å². The maximum atomic E-state index is 10.6. The van der Waals surface area contributed by atoms with Crippen LogP contribution < -0.4 is 0 Å². The first-order valence-corrected chi connectivity index (χ1v) is 10.1. The van der Waals surface area contributed by atoms with Gasteiger partial charge in [0.05, 0.1) is 13.2 Å². The molecule has 2 fully saturated rings. The minimum absolute atomic E-state index is 0.558. The van der Waals surface area contributed by atoms with Gasteiger partial charge in [0.1, 0.15) is 54.3 Å². The number of aliphatic hydroxyl groups excluding tert-OH is 7. The zero-order valence-corrected chi connectivity index (χ0v) is 16.2. The van der Waals surface area contributed by atoms with Gasteiger partial charge >= 0.3 is 0 Å². The molecule has 7 N–H and O–H groups in total. The summed E-state index contributed by atoms with van der Waals surface area (Å²) in [6.07, 6.45) is -12.9. The second-order valence-corrected chi connectivity index (χ2v) is 8.11. The van der Waals surface area contributed by atoms with Crippen LogP contribution in [0.2, 0.25) is 0 Å².